The minimum absolute atomic E-state index is 0.157. The van der Waals surface area contributed by atoms with Crippen LogP contribution in [-0.4, -0.2) is 35.7 Å². The number of anilines is 1. The standard InChI is InChI=1S/C16H14N6O2S/c1-9(25-16-21-20-13-4-2-3-7-22(13)16)14(23)17-10-5-6-11-12(8-10)19-15(24)18-11/h2-9H,1H3,(H,17,23)(H2,18,19,24)/t9-/m0/s1. The van der Waals surface area contributed by atoms with Crippen molar-refractivity contribution in [3.05, 3.63) is 53.1 Å². The predicted molar refractivity (Wildman–Crippen MR) is 95.9 cm³/mol. The van der Waals surface area contributed by atoms with E-state index in [-0.39, 0.29) is 16.8 Å². The van der Waals surface area contributed by atoms with E-state index in [2.05, 4.69) is 25.5 Å². The fourth-order valence-electron chi connectivity index (χ4n) is 2.47. The van der Waals surface area contributed by atoms with Crippen molar-refractivity contribution in [1.82, 2.24) is 24.6 Å². The first kappa shape index (κ1) is 15.5. The van der Waals surface area contributed by atoms with E-state index in [4.69, 9.17) is 0 Å². The highest BCUT2D eigenvalue weighted by Gasteiger charge is 2.18. The molecule has 0 bridgehead atoms. The van der Waals surface area contributed by atoms with E-state index < -0.39 is 0 Å². The first-order valence-electron chi connectivity index (χ1n) is 7.59. The lowest BCUT2D eigenvalue weighted by Crippen LogP contribution is -2.22. The van der Waals surface area contributed by atoms with E-state index in [1.54, 1.807) is 25.1 Å². The van der Waals surface area contributed by atoms with Crippen molar-refractivity contribution in [3.8, 4) is 0 Å². The van der Waals surface area contributed by atoms with Gasteiger partial charge in [0.05, 0.1) is 16.3 Å². The highest BCUT2D eigenvalue weighted by Crippen LogP contribution is 2.23. The molecule has 1 atom stereocenters. The second-order valence-electron chi connectivity index (χ2n) is 5.50. The summed E-state index contributed by atoms with van der Waals surface area (Å²) in [5, 5.41) is 11.3. The summed E-state index contributed by atoms with van der Waals surface area (Å²) in [5.74, 6) is -0.157. The maximum atomic E-state index is 12.4. The summed E-state index contributed by atoms with van der Waals surface area (Å²) in [7, 11) is 0. The number of benzene rings is 1. The first-order chi connectivity index (χ1) is 12.1. The van der Waals surface area contributed by atoms with E-state index in [0.717, 1.165) is 5.65 Å². The number of nitrogens with one attached hydrogen (secondary N) is 3. The van der Waals surface area contributed by atoms with Crippen LogP contribution in [0.15, 0.2) is 52.5 Å². The van der Waals surface area contributed by atoms with Crippen LogP contribution in [0.4, 0.5) is 5.69 Å². The average molecular weight is 354 g/mol. The number of pyridine rings is 1. The SMILES string of the molecule is C[C@H](Sc1nnc2ccccn12)C(=O)Nc1ccc2[nH]c(=O)[nH]c2c1. The summed E-state index contributed by atoms with van der Waals surface area (Å²) in [6, 6.07) is 10.8. The van der Waals surface area contributed by atoms with Gasteiger partial charge in [-0.3, -0.25) is 9.20 Å². The van der Waals surface area contributed by atoms with Crippen LogP contribution in [0.1, 0.15) is 6.92 Å². The molecule has 4 aromatic rings. The lowest BCUT2D eigenvalue weighted by atomic mass is 10.2. The molecule has 8 nitrogen and oxygen atoms in total. The minimum Gasteiger partial charge on any atom is -0.325 e. The number of carbonyl (C=O) groups excluding carboxylic acids is 1. The van der Waals surface area contributed by atoms with Crippen molar-refractivity contribution in [2.45, 2.75) is 17.3 Å². The molecule has 0 saturated heterocycles. The molecule has 0 radical (unpaired) electrons. The fourth-order valence-corrected chi connectivity index (χ4v) is 3.30. The Hall–Kier alpha value is -3.07. The Morgan fingerprint density at radius 3 is 2.92 bits per heavy atom. The predicted octanol–water partition coefficient (Wildman–Crippen LogP) is 2.02. The maximum absolute atomic E-state index is 12.4. The number of aromatic amines is 2. The molecule has 0 aliphatic rings. The number of aromatic nitrogens is 5. The van der Waals surface area contributed by atoms with Crippen LogP contribution in [0.5, 0.6) is 0 Å². The average Bonchev–Trinajstić information content (AvgIpc) is 3.17. The number of imidazole rings is 1. The number of hydrogen-bond donors (Lipinski definition) is 3. The second kappa shape index (κ2) is 6.10. The summed E-state index contributed by atoms with van der Waals surface area (Å²) >= 11 is 1.33. The van der Waals surface area contributed by atoms with Gasteiger partial charge >= 0.3 is 5.69 Å². The van der Waals surface area contributed by atoms with E-state index in [9.17, 15) is 9.59 Å². The van der Waals surface area contributed by atoms with E-state index >= 15 is 0 Å². The molecule has 4 rings (SSSR count). The fraction of sp³-hybridized carbons (Fsp3) is 0.125. The lowest BCUT2D eigenvalue weighted by molar-refractivity contribution is -0.115. The van der Waals surface area contributed by atoms with Crippen LogP contribution in [0, 0.1) is 0 Å². The zero-order chi connectivity index (χ0) is 17.4. The van der Waals surface area contributed by atoms with E-state index in [0.29, 0.717) is 21.9 Å². The normalized spacial score (nSPS) is 12.5. The highest BCUT2D eigenvalue weighted by atomic mass is 32.2. The molecule has 25 heavy (non-hydrogen) atoms. The summed E-state index contributed by atoms with van der Waals surface area (Å²) in [6.07, 6.45) is 1.86. The number of H-pyrrole nitrogens is 2. The van der Waals surface area contributed by atoms with Gasteiger partial charge in [0, 0.05) is 11.9 Å². The van der Waals surface area contributed by atoms with Crippen LogP contribution in [0.2, 0.25) is 0 Å². The van der Waals surface area contributed by atoms with Gasteiger partial charge in [-0.25, -0.2) is 4.79 Å². The van der Waals surface area contributed by atoms with E-state index in [1.165, 1.54) is 11.8 Å². The van der Waals surface area contributed by atoms with Gasteiger partial charge in [0.2, 0.25) is 5.91 Å². The smallest absolute Gasteiger partial charge is 0.323 e. The number of nitrogens with zero attached hydrogens (tertiary/aromatic N) is 3. The number of rotatable bonds is 4. The van der Waals surface area contributed by atoms with Gasteiger partial charge < -0.3 is 15.3 Å². The van der Waals surface area contributed by atoms with Gasteiger partial charge in [-0.05, 0) is 37.3 Å². The quantitative estimate of drug-likeness (QED) is 0.486. The third-order valence-corrected chi connectivity index (χ3v) is 4.77. The van der Waals surface area contributed by atoms with Crippen molar-refractivity contribution in [1.29, 1.82) is 0 Å². The Morgan fingerprint density at radius 1 is 1.20 bits per heavy atom. The first-order valence-corrected chi connectivity index (χ1v) is 8.47. The van der Waals surface area contributed by atoms with E-state index in [1.807, 2.05) is 28.8 Å². The van der Waals surface area contributed by atoms with Crippen LogP contribution in [-0.2, 0) is 4.79 Å². The molecule has 3 heterocycles. The van der Waals surface area contributed by atoms with Crippen LogP contribution < -0.4 is 11.0 Å². The van der Waals surface area contributed by atoms with Crippen molar-refractivity contribution >= 4 is 40.0 Å². The molecular formula is C16H14N6O2S. The van der Waals surface area contributed by atoms with Gasteiger partial charge in [0.1, 0.15) is 0 Å². The molecule has 9 heteroatoms. The third kappa shape index (κ3) is 3.01. The molecule has 126 valence electrons. The molecule has 1 amide bonds. The molecule has 1 aromatic carbocycles. The monoisotopic (exact) mass is 354 g/mol. The Labute approximate surface area is 145 Å². The Balaban J connectivity index is 1.50. The molecular weight excluding hydrogens is 340 g/mol. The zero-order valence-corrected chi connectivity index (χ0v) is 14.0. The molecule has 0 unspecified atom stereocenters. The number of hydrogen-bond acceptors (Lipinski definition) is 5. The second-order valence-corrected chi connectivity index (χ2v) is 6.81. The Morgan fingerprint density at radius 2 is 2.04 bits per heavy atom. The maximum Gasteiger partial charge on any atom is 0.323 e. The Kier molecular flexibility index (Phi) is 3.77. The number of carbonyl (C=O) groups is 1. The van der Waals surface area contributed by atoms with Gasteiger partial charge in [0.25, 0.3) is 0 Å². The highest BCUT2D eigenvalue weighted by molar-refractivity contribution is 8.00. The lowest BCUT2D eigenvalue weighted by Gasteiger charge is -2.11. The molecule has 0 saturated carbocycles. The molecule has 3 N–H and O–H groups in total. The topological polar surface area (TPSA) is 108 Å². The van der Waals surface area contributed by atoms with Crippen molar-refractivity contribution in [2.24, 2.45) is 0 Å². The Bertz CT molecular complexity index is 1130. The minimum atomic E-state index is -0.367. The summed E-state index contributed by atoms with van der Waals surface area (Å²) < 4.78 is 1.84. The van der Waals surface area contributed by atoms with Crippen LogP contribution in [0.3, 0.4) is 0 Å². The van der Waals surface area contributed by atoms with Gasteiger partial charge in [-0.15, -0.1) is 10.2 Å². The summed E-state index contributed by atoms with van der Waals surface area (Å²) in [4.78, 5) is 29.1. The summed E-state index contributed by atoms with van der Waals surface area (Å²) in [6.45, 7) is 1.81. The number of amides is 1. The number of fused-ring (bicyclic) bond motifs is 2. The zero-order valence-electron chi connectivity index (χ0n) is 13.2. The molecule has 3 aromatic heterocycles. The van der Waals surface area contributed by atoms with Gasteiger partial charge in [0.15, 0.2) is 10.8 Å². The molecule has 0 aliphatic heterocycles. The van der Waals surface area contributed by atoms with Crippen LogP contribution >= 0.6 is 11.8 Å². The van der Waals surface area contributed by atoms with Crippen molar-refractivity contribution in [2.75, 3.05) is 5.32 Å². The molecule has 0 aliphatic carbocycles. The van der Waals surface area contributed by atoms with Crippen molar-refractivity contribution in [3.63, 3.8) is 0 Å². The number of thioether (sulfide) groups is 1. The molecule has 0 fully saturated rings. The van der Waals surface area contributed by atoms with Gasteiger partial charge in [-0.2, -0.15) is 0 Å². The molecule has 0 spiro atoms. The largest absolute Gasteiger partial charge is 0.325 e. The van der Waals surface area contributed by atoms with Crippen molar-refractivity contribution < 1.29 is 4.79 Å². The van der Waals surface area contributed by atoms with Gasteiger partial charge in [-0.1, -0.05) is 17.8 Å². The van der Waals surface area contributed by atoms with Crippen LogP contribution in [0.25, 0.3) is 16.7 Å². The summed E-state index contributed by atoms with van der Waals surface area (Å²) in [5.41, 5.74) is 2.42. The third-order valence-electron chi connectivity index (χ3n) is 3.72.